The van der Waals surface area contributed by atoms with Crippen molar-refractivity contribution in [3.63, 3.8) is 0 Å². The topological polar surface area (TPSA) is 110 Å². The number of methoxy groups -OCH3 is 1. The first kappa shape index (κ1) is 21.3. The second-order valence-electron chi connectivity index (χ2n) is 8.80. The van der Waals surface area contributed by atoms with Crippen molar-refractivity contribution in [2.24, 2.45) is 11.8 Å². The Hall–Kier alpha value is -3.59. The normalized spacial score (nSPS) is 26.4. The number of carbonyl (C=O) groups is 3. The van der Waals surface area contributed by atoms with Crippen LogP contribution in [0.2, 0.25) is 0 Å². The molecule has 4 unspecified atom stereocenters. The van der Waals surface area contributed by atoms with E-state index in [1.165, 1.54) is 25.3 Å². The third kappa shape index (κ3) is 3.14. The van der Waals surface area contributed by atoms with E-state index < -0.39 is 34.6 Å². The fourth-order valence-electron chi connectivity index (χ4n) is 5.61. The lowest BCUT2D eigenvalue weighted by atomic mass is 9.85. The highest BCUT2D eigenvalue weighted by molar-refractivity contribution is 6.25. The number of ketones is 1. The first-order valence-corrected chi connectivity index (χ1v) is 10.9. The van der Waals surface area contributed by atoms with Gasteiger partial charge in [0.1, 0.15) is 11.4 Å². The molecular formula is C24H23N3O6. The predicted molar refractivity (Wildman–Crippen MR) is 118 cm³/mol. The number of amides is 2. The van der Waals surface area contributed by atoms with E-state index in [9.17, 15) is 24.5 Å². The van der Waals surface area contributed by atoms with Crippen molar-refractivity contribution in [1.29, 1.82) is 0 Å². The van der Waals surface area contributed by atoms with Crippen LogP contribution in [-0.4, -0.2) is 53.2 Å². The fraction of sp³-hybridized carbons (Fsp3) is 0.375. The number of non-ortho nitro benzene ring substituents is 1. The number of nitro benzene ring substituents is 1. The molecule has 2 aromatic rings. The van der Waals surface area contributed by atoms with Gasteiger partial charge in [0, 0.05) is 23.7 Å². The molecule has 9 heteroatoms. The molecule has 3 heterocycles. The van der Waals surface area contributed by atoms with Crippen molar-refractivity contribution < 1.29 is 24.0 Å². The number of Topliss-reactive ketones (excluding diaryl/α,β-unsaturated/α-hetero) is 1. The van der Waals surface area contributed by atoms with E-state index in [0.717, 1.165) is 23.3 Å². The van der Waals surface area contributed by atoms with Crippen LogP contribution in [-0.2, 0) is 9.59 Å². The van der Waals surface area contributed by atoms with Crippen molar-refractivity contribution in [3.05, 3.63) is 63.7 Å². The summed E-state index contributed by atoms with van der Waals surface area (Å²) in [5.41, 5.74) is 1.31. The molecule has 3 fully saturated rings. The van der Waals surface area contributed by atoms with Gasteiger partial charge in [0.25, 0.3) is 5.69 Å². The number of ether oxygens (including phenoxy) is 1. The van der Waals surface area contributed by atoms with Crippen molar-refractivity contribution in [3.8, 4) is 5.75 Å². The predicted octanol–water partition coefficient (Wildman–Crippen LogP) is 2.75. The molecule has 33 heavy (non-hydrogen) atoms. The zero-order valence-electron chi connectivity index (χ0n) is 18.3. The van der Waals surface area contributed by atoms with Crippen LogP contribution >= 0.6 is 0 Å². The summed E-state index contributed by atoms with van der Waals surface area (Å²) in [6, 6.07) is 10.1. The van der Waals surface area contributed by atoms with E-state index in [1.807, 2.05) is 24.0 Å². The van der Waals surface area contributed by atoms with Gasteiger partial charge in [-0.15, -0.1) is 0 Å². The average Bonchev–Trinajstić information content (AvgIpc) is 3.45. The van der Waals surface area contributed by atoms with Gasteiger partial charge in [-0.3, -0.25) is 29.4 Å². The molecule has 170 valence electrons. The first-order valence-electron chi connectivity index (χ1n) is 10.9. The quantitative estimate of drug-likeness (QED) is 0.299. The molecule has 3 aliphatic heterocycles. The number of carbonyl (C=O) groups excluding carboxylic acids is 3. The van der Waals surface area contributed by atoms with Crippen LogP contribution in [0, 0.1) is 28.9 Å². The summed E-state index contributed by atoms with van der Waals surface area (Å²) in [6.07, 6.45) is 1.56. The number of fused-ring (bicyclic) bond motifs is 3. The third-order valence-corrected chi connectivity index (χ3v) is 7.07. The first-order chi connectivity index (χ1) is 15.8. The maximum Gasteiger partial charge on any atom is 0.271 e. The van der Waals surface area contributed by atoms with E-state index in [2.05, 4.69) is 0 Å². The molecule has 3 aliphatic rings. The minimum Gasteiger partial charge on any atom is -0.495 e. The third-order valence-electron chi connectivity index (χ3n) is 7.07. The van der Waals surface area contributed by atoms with Crippen LogP contribution in [0.4, 0.5) is 11.4 Å². The van der Waals surface area contributed by atoms with E-state index in [4.69, 9.17) is 4.74 Å². The van der Waals surface area contributed by atoms with Gasteiger partial charge >= 0.3 is 0 Å². The Bertz CT molecular complexity index is 1180. The van der Waals surface area contributed by atoms with E-state index in [1.54, 1.807) is 12.1 Å². The Balaban J connectivity index is 1.58. The molecule has 0 saturated carbocycles. The highest BCUT2D eigenvalue weighted by atomic mass is 16.6. The summed E-state index contributed by atoms with van der Waals surface area (Å²) in [7, 11) is 1.37. The van der Waals surface area contributed by atoms with Crippen LogP contribution in [0.25, 0.3) is 0 Å². The molecule has 4 atom stereocenters. The fourth-order valence-corrected chi connectivity index (χ4v) is 5.61. The molecular weight excluding hydrogens is 426 g/mol. The molecule has 9 nitrogen and oxygen atoms in total. The molecule has 0 N–H and O–H groups in total. The number of nitrogens with zero attached hydrogens (tertiary/aromatic N) is 3. The maximum absolute atomic E-state index is 13.7. The van der Waals surface area contributed by atoms with Gasteiger partial charge < -0.3 is 4.74 Å². The minimum absolute atomic E-state index is 0.0437. The molecule has 2 amide bonds. The van der Waals surface area contributed by atoms with Crippen LogP contribution in [0.15, 0.2) is 42.5 Å². The molecule has 0 radical (unpaired) electrons. The van der Waals surface area contributed by atoms with Crippen molar-refractivity contribution in [1.82, 2.24) is 4.90 Å². The largest absolute Gasteiger partial charge is 0.495 e. The average molecular weight is 449 g/mol. The second-order valence-corrected chi connectivity index (χ2v) is 8.80. The lowest BCUT2D eigenvalue weighted by molar-refractivity contribution is -0.384. The van der Waals surface area contributed by atoms with E-state index in [-0.39, 0.29) is 28.9 Å². The number of hydrogen-bond acceptors (Lipinski definition) is 7. The van der Waals surface area contributed by atoms with Gasteiger partial charge in [-0.25, -0.2) is 4.90 Å². The number of nitro groups is 1. The molecule has 5 rings (SSSR count). The lowest BCUT2D eigenvalue weighted by Gasteiger charge is -2.28. The summed E-state index contributed by atoms with van der Waals surface area (Å²) in [6.45, 7) is 2.58. The van der Waals surface area contributed by atoms with Crippen molar-refractivity contribution >= 4 is 29.0 Å². The number of imide groups is 1. The van der Waals surface area contributed by atoms with Crippen molar-refractivity contribution in [2.45, 2.75) is 31.8 Å². The molecule has 3 saturated heterocycles. The highest BCUT2D eigenvalue weighted by Gasteiger charge is 2.65. The minimum atomic E-state index is -0.833. The van der Waals surface area contributed by atoms with Crippen LogP contribution < -0.4 is 9.64 Å². The number of benzene rings is 2. The summed E-state index contributed by atoms with van der Waals surface area (Å²) in [5.74, 6) is -2.43. The molecule has 0 bridgehead atoms. The van der Waals surface area contributed by atoms with Gasteiger partial charge in [-0.2, -0.15) is 0 Å². The number of hydrogen-bond donors (Lipinski definition) is 0. The van der Waals surface area contributed by atoms with Gasteiger partial charge in [0.05, 0.1) is 29.9 Å². The summed E-state index contributed by atoms with van der Waals surface area (Å²) in [4.78, 5) is 54.6. The summed E-state index contributed by atoms with van der Waals surface area (Å²) < 4.78 is 5.31. The molecule has 0 spiro atoms. The van der Waals surface area contributed by atoms with Gasteiger partial charge in [-0.05, 0) is 32.4 Å². The highest BCUT2D eigenvalue weighted by Crippen LogP contribution is 2.50. The van der Waals surface area contributed by atoms with Crippen molar-refractivity contribution in [2.75, 3.05) is 18.6 Å². The Morgan fingerprint density at radius 2 is 1.79 bits per heavy atom. The van der Waals surface area contributed by atoms with Gasteiger partial charge in [0.15, 0.2) is 5.78 Å². The zero-order valence-corrected chi connectivity index (χ0v) is 18.3. The second kappa shape index (κ2) is 7.77. The number of anilines is 1. The Morgan fingerprint density at radius 1 is 1.09 bits per heavy atom. The van der Waals surface area contributed by atoms with Crippen LogP contribution in [0.5, 0.6) is 5.75 Å². The molecule has 2 aromatic carbocycles. The zero-order chi connectivity index (χ0) is 23.4. The summed E-state index contributed by atoms with van der Waals surface area (Å²) >= 11 is 0. The van der Waals surface area contributed by atoms with E-state index >= 15 is 0 Å². The van der Waals surface area contributed by atoms with E-state index in [0.29, 0.717) is 12.1 Å². The Kier molecular flexibility index (Phi) is 5.01. The standard InChI is InChI=1S/C24H23N3O6/c1-13-5-7-14(8-6-13)22(28)21-20-19(16-4-3-11-25(16)21)23(29)26(24(20)30)17-12-15(27(31)32)9-10-18(17)33-2/h5-10,12,16,19-21H,3-4,11H2,1-2H3. The number of aryl methyl sites for hydroxylation is 1. The summed E-state index contributed by atoms with van der Waals surface area (Å²) in [5, 5.41) is 11.3. The SMILES string of the molecule is COc1ccc([N+](=O)[O-])cc1N1C(=O)C2C(C1=O)C(C(=O)c1ccc(C)cc1)N1CCCC21. The smallest absolute Gasteiger partial charge is 0.271 e. The Morgan fingerprint density at radius 3 is 2.45 bits per heavy atom. The molecule has 0 aliphatic carbocycles. The maximum atomic E-state index is 13.7. The van der Waals surface area contributed by atoms with Gasteiger partial charge in [0.2, 0.25) is 11.8 Å². The number of rotatable bonds is 5. The van der Waals surface area contributed by atoms with Crippen LogP contribution in [0.1, 0.15) is 28.8 Å². The monoisotopic (exact) mass is 449 g/mol. The van der Waals surface area contributed by atoms with Gasteiger partial charge in [-0.1, -0.05) is 29.8 Å². The molecule has 0 aromatic heterocycles. The lowest BCUT2D eigenvalue weighted by Crippen LogP contribution is -2.46. The Labute approximate surface area is 190 Å². The van der Waals surface area contributed by atoms with Crippen LogP contribution in [0.3, 0.4) is 0 Å².